The first kappa shape index (κ1) is 11.4. The minimum Gasteiger partial charge on any atom is -0.366 e. The van der Waals surface area contributed by atoms with Gasteiger partial charge in [0.05, 0.1) is 6.04 Å². The molecule has 0 saturated heterocycles. The van der Waals surface area contributed by atoms with E-state index >= 15 is 0 Å². The fourth-order valence-corrected chi connectivity index (χ4v) is 2.27. The van der Waals surface area contributed by atoms with Crippen molar-refractivity contribution in [2.45, 2.75) is 18.9 Å². The molecule has 4 N–H and O–H groups in total. The Balaban J connectivity index is 2.30. The molecule has 5 heteroatoms. The third-order valence-electron chi connectivity index (χ3n) is 3.07. The summed E-state index contributed by atoms with van der Waals surface area (Å²) in [6, 6.07) is 5.19. The molecule has 5 nitrogen and oxygen atoms in total. The molecule has 3 amide bonds. The highest BCUT2D eigenvalue weighted by atomic mass is 16.2. The maximum atomic E-state index is 11.3. The summed E-state index contributed by atoms with van der Waals surface area (Å²) in [6.07, 6.45) is 1.57. The molecular weight excluding hydrogens is 218 g/mol. The second-order valence-electron chi connectivity index (χ2n) is 4.05. The summed E-state index contributed by atoms with van der Waals surface area (Å²) in [5.41, 5.74) is 7.83. The van der Waals surface area contributed by atoms with Gasteiger partial charge in [-0.3, -0.25) is 4.79 Å². The van der Waals surface area contributed by atoms with Crippen LogP contribution in [0.5, 0.6) is 0 Å². The summed E-state index contributed by atoms with van der Waals surface area (Å²) in [5, 5.41) is 5.37. The molecule has 0 saturated carbocycles. The quantitative estimate of drug-likeness (QED) is 0.702. The van der Waals surface area contributed by atoms with Crippen LogP contribution in [0.2, 0.25) is 0 Å². The standard InChI is InChI=1S/C12H15N3O2/c1-14-12(17)15-10-6-5-7-8(10)3-2-4-9(7)11(13)16/h2-4,10H,5-6H2,1H3,(H2,13,16)(H2,14,15,17). The molecule has 90 valence electrons. The van der Waals surface area contributed by atoms with Crippen LogP contribution >= 0.6 is 0 Å². The fourth-order valence-electron chi connectivity index (χ4n) is 2.27. The Kier molecular flexibility index (Phi) is 2.99. The second kappa shape index (κ2) is 4.45. The number of hydrogen-bond donors (Lipinski definition) is 3. The maximum Gasteiger partial charge on any atom is 0.315 e. The number of rotatable bonds is 2. The molecule has 17 heavy (non-hydrogen) atoms. The van der Waals surface area contributed by atoms with E-state index in [1.165, 1.54) is 0 Å². The number of nitrogens with one attached hydrogen (secondary N) is 2. The fraction of sp³-hybridized carbons (Fsp3) is 0.333. The normalized spacial score (nSPS) is 17.4. The Morgan fingerprint density at radius 1 is 1.41 bits per heavy atom. The molecule has 1 aliphatic carbocycles. The van der Waals surface area contributed by atoms with E-state index in [1.807, 2.05) is 6.07 Å². The molecule has 0 aromatic heterocycles. The number of urea groups is 1. The van der Waals surface area contributed by atoms with Gasteiger partial charge >= 0.3 is 6.03 Å². The first-order valence-corrected chi connectivity index (χ1v) is 5.53. The summed E-state index contributed by atoms with van der Waals surface area (Å²) in [4.78, 5) is 22.6. The minimum atomic E-state index is -0.414. The average molecular weight is 233 g/mol. The zero-order valence-electron chi connectivity index (χ0n) is 9.62. The van der Waals surface area contributed by atoms with Gasteiger partial charge in [0.1, 0.15) is 0 Å². The van der Waals surface area contributed by atoms with E-state index in [2.05, 4.69) is 10.6 Å². The Hall–Kier alpha value is -2.04. The van der Waals surface area contributed by atoms with Gasteiger partial charge in [-0.25, -0.2) is 4.79 Å². The van der Waals surface area contributed by atoms with E-state index in [9.17, 15) is 9.59 Å². The van der Waals surface area contributed by atoms with Crippen LogP contribution in [0, 0.1) is 0 Å². The van der Waals surface area contributed by atoms with E-state index in [1.54, 1.807) is 19.2 Å². The maximum absolute atomic E-state index is 11.3. The van der Waals surface area contributed by atoms with Gasteiger partial charge in [-0.15, -0.1) is 0 Å². The van der Waals surface area contributed by atoms with Crippen LogP contribution in [0.4, 0.5) is 4.79 Å². The second-order valence-corrected chi connectivity index (χ2v) is 4.05. The number of primary amides is 1. The van der Waals surface area contributed by atoms with E-state index in [-0.39, 0.29) is 12.1 Å². The van der Waals surface area contributed by atoms with Crippen LogP contribution in [0.15, 0.2) is 18.2 Å². The van der Waals surface area contributed by atoms with Crippen LogP contribution in [0.3, 0.4) is 0 Å². The van der Waals surface area contributed by atoms with Crippen LogP contribution in [-0.4, -0.2) is 19.0 Å². The van der Waals surface area contributed by atoms with Gasteiger partial charge in [0.15, 0.2) is 0 Å². The predicted octanol–water partition coefficient (Wildman–Crippen LogP) is 0.702. The number of hydrogen-bond acceptors (Lipinski definition) is 2. The van der Waals surface area contributed by atoms with Crippen molar-refractivity contribution in [3.05, 3.63) is 34.9 Å². The molecule has 0 aliphatic heterocycles. The Labute approximate surface area is 99.4 Å². The first-order chi connectivity index (χ1) is 8.13. The van der Waals surface area contributed by atoms with Gasteiger partial charge in [-0.2, -0.15) is 0 Å². The molecule has 0 bridgehead atoms. The minimum absolute atomic E-state index is 0.0377. The van der Waals surface area contributed by atoms with Crippen molar-refractivity contribution in [1.82, 2.24) is 10.6 Å². The summed E-state index contributed by atoms with van der Waals surface area (Å²) in [5.74, 6) is -0.414. The lowest BCUT2D eigenvalue weighted by atomic mass is 10.0. The lowest BCUT2D eigenvalue weighted by molar-refractivity contribution is 0.0999. The predicted molar refractivity (Wildman–Crippen MR) is 63.6 cm³/mol. The van der Waals surface area contributed by atoms with Crippen LogP contribution in [-0.2, 0) is 6.42 Å². The molecule has 1 atom stereocenters. The monoisotopic (exact) mass is 233 g/mol. The smallest absolute Gasteiger partial charge is 0.315 e. The van der Waals surface area contributed by atoms with E-state index in [0.717, 1.165) is 24.0 Å². The third kappa shape index (κ3) is 2.08. The lowest BCUT2D eigenvalue weighted by Gasteiger charge is -2.14. The van der Waals surface area contributed by atoms with Crippen LogP contribution in [0.1, 0.15) is 33.9 Å². The molecular formula is C12H15N3O2. The summed E-state index contributed by atoms with van der Waals surface area (Å²) < 4.78 is 0. The molecule has 2 rings (SSSR count). The van der Waals surface area contributed by atoms with Gasteiger partial charge < -0.3 is 16.4 Å². The topological polar surface area (TPSA) is 84.2 Å². The van der Waals surface area contributed by atoms with Gasteiger partial charge in [0, 0.05) is 12.6 Å². The highest BCUT2D eigenvalue weighted by Crippen LogP contribution is 2.33. The van der Waals surface area contributed by atoms with Crippen LogP contribution < -0.4 is 16.4 Å². The van der Waals surface area contributed by atoms with Crippen molar-refractivity contribution in [3.63, 3.8) is 0 Å². The lowest BCUT2D eigenvalue weighted by Crippen LogP contribution is -2.34. The number of carbonyl (C=O) groups is 2. The zero-order valence-corrected chi connectivity index (χ0v) is 9.62. The first-order valence-electron chi connectivity index (χ1n) is 5.53. The number of benzene rings is 1. The van der Waals surface area contributed by atoms with Crippen molar-refractivity contribution in [1.29, 1.82) is 0 Å². The Morgan fingerprint density at radius 3 is 2.82 bits per heavy atom. The molecule has 0 spiro atoms. The SMILES string of the molecule is CNC(=O)NC1CCc2c(C(N)=O)cccc21. The molecule has 0 radical (unpaired) electrons. The molecule has 0 heterocycles. The number of amides is 3. The zero-order chi connectivity index (χ0) is 12.4. The molecule has 1 unspecified atom stereocenters. The van der Waals surface area contributed by atoms with Gasteiger partial charge in [0.25, 0.3) is 0 Å². The van der Waals surface area contributed by atoms with Crippen molar-refractivity contribution in [2.24, 2.45) is 5.73 Å². The summed E-state index contributed by atoms with van der Waals surface area (Å²) >= 11 is 0. The number of carbonyl (C=O) groups excluding carboxylic acids is 2. The van der Waals surface area contributed by atoms with Crippen molar-refractivity contribution >= 4 is 11.9 Å². The van der Waals surface area contributed by atoms with Gasteiger partial charge in [0.2, 0.25) is 5.91 Å². The highest BCUT2D eigenvalue weighted by Gasteiger charge is 2.26. The van der Waals surface area contributed by atoms with Gasteiger partial charge in [-0.1, -0.05) is 12.1 Å². The largest absolute Gasteiger partial charge is 0.366 e. The summed E-state index contributed by atoms with van der Waals surface area (Å²) in [6.45, 7) is 0. The number of nitrogens with two attached hydrogens (primary N) is 1. The van der Waals surface area contributed by atoms with Crippen molar-refractivity contribution < 1.29 is 9.59 Å². The molecule has 1 aliphatic rings. The average Bonchev–Trinajstić information content (AvgIpc) is 2.72. The number of fused-ring (bicyclic) bond motifs is 1. The Bertz CT molecular complexity index is 471. The highest BCUT2D eigenvalue weighted by molar-refractivity contribution is 5.95. The molecule has 0 fully saturated rings. The van der Waals surface area contributed by atoms with E-state index in [0.29, 0.717) is 5.56 Å². The van der Waals surface area contributed by atoms with Gasteiger partial charge in [-0.05, 0) is 30.0 Å². The van der Waals surface area contributed by atoms with E-state index in [4.69, 9.17) is 5.73 Å². The molecule has 1 aromatic rings. The van der Waals surface area contributed by atoms with E-state index < -0.39 is 5.91 Å². The third-order valence-corrected chi connectivity index (χ3v) is 3.07. The summed E-state index contributed by atoms with van der Waals surface area (Å²) in [7, 11) is 1.57. The van der Waals surface area contributed by atoms with Crippen molar-refractivity contribution in [3.8, 4) is 0 Å². The van der Waals surface area contributed by atoms with Crippen LogP contribution in [0.25, 0.3) is 0 Å². The Morgan fingerprint density at radius 2 is 2.18 bits per heavy atom. The molecule has 1 aromatic carbocycles. The van der Waals surface area contributed by atoms with Crippen molar-refractivity contribution in [2.75, 3.05) is 7.05 Å².